The molecule has 4 heteroatoms. The summed E-state index contributed by atoms with van der Waals surface area (Å²) in [7, 11) is 0. The maximum Gasteiger partial charge on any atom is 0.0410 e. The SMILES string of the molecule is C=CCSCCNCc1cncc(Br)c1. The van der Waals surface area contributed by atoms with Crippen LogP contribution in [0.4, 0.5) is 0 Å². The second kappa shape index (κ2) is 7.91. The molecule has 0 spiro atoms. The van der Waals surface area contributed by atoms with Gasteiger partial charge in [-0.3, -0.25) is 4.98 Å². The summed E-state index contributed by atoms with van der Waals surface area (Å²) in [5, 5.41) is 3.37. The third-order valence-electron chi connectivity index (χ3n) is 1.75. The summed E-state index contributed by atoms with van der Waals surface area (Å²) in [4.78, 5) is 4.11. The van der Waals surface area contributed by atoms with Gasteiger partial charge in [0, 0.05) is 41.5 Å². The molecule has 1 rings (SSSR count). The first kappa shape index (κ1) is 12.7. The van der Waals surface area contributed by atoms with E-state index in [-0.39, 0.29) is 0 Å². The van der Waals surface area contributed by atoms with Crippen LogP contribution in [0.15, 0.2) is 35.6 Å². The van der Waals surface area contributed by atoms with Crippen LogP contribution < -0.4 is 5.32 Å². The molecule has 0 saturated carbocycles. The van der Waals surface area contributed by atoms with Crippen LogP contribution in [0.5, 0.6) is 0 Å². The minimum absolute atomic E-state index is 0.876. The Hall–Kier alpha value is -0.320. The van der Waals surface area contributed by atoms with Crippen molar-refractivity contribution in [1.82, 2.24) is 10.3 Å². The van der Waals surface area contributed by atoms with Crippen molar-refractivity contribution in [3.05, 3.63) is 41.2 Å². The van der Waals surface area contributed by atoms with Gasteiger partial charge in [-0.2, -0.15) is 11.8 Å². The Morgan fingerprint density at radius 3 is 3.13 bits per heavy atom. The molecule has 15 heavy (non-hydrogen) atoms. The average Bonchev–Trinajstić information content (AvgIpc) is 2.23. The van der Waals surface area contributed by atoms with Gasteiger partial charge in [0.05, 0.1) is 0 Å². The molecule has 0 unspecified atom stereocenters. The Balaban J connectivity index is 2.12. The highest BCUT2D eigenvalue weighted by molar-refractivity contribution is 9.10. The number of rotatable bonds is 7. The largest absolute Gasteiger partial charge is 0.312 e. The normalized spacial score (nSPS) is 10.2. The van der Waals surface area contributed by atoms with Crippen molar-refractivity contribution in [3.63, 3.8) is 0 Å². The molecule has 0 amide bonds. The van der Waals surface area contributed by atoms with Crippen LogP contribution in [0.25, 0.3) is 0 Å². The van der Waals surface area contributed by atoms with Crippen molar-refractivity contribution in [1.29, 1.82) is 0 Å². The van der Waals surface area contributed by atoms with Crippen LogP contribution >= 0.6 is 27.7 Å². The summed E-state index contributed by atoms with van der Waals surface area (Å²) in [6.07, 6.45) is 5.61. The summed E-state index contributed by atoms with van der Waals surface area (Å²) in [6.45, 7) is 5.58. The van der Waals surface area contributed by atoms with E-state index in [0.29, 0.717) is 0 Å². The van der Waals surface area contributed by atoms with Gasteiger partial charge in [-0.25, -0.2) is 0 Å². The first-order valence-electron chi connectivity index (χ1n) is 4.81. The van der Waals surface area contributed by atoms with Crippen molar-refractivity contribution < 1.29 is 0 Å². The number of halogens is 1. The molecule has 0 bridgehead atoms. The molecule has 0 radical (unpaired) electrons. The minimum Gasteiger partial charge on any atom is -0.312 e. The number of hydrogen-bond donors (Lipinski definition) is 1. The highest BCUT2D eigenvalue weighted by Crippen LogP contribution is 2.09. The topological polar surface area (TPSA) is 24.9 Å². The first-order valence-corrected chi connectivity index (χ1v) is 6.76. The molecule has 0 aliphatic heterocycles. The number of thioether (sulfide) groups is 1. The van der Waals surface area contributed by atoms with E-state index >= 15 is 0 Å². The molecule has 1 N–H and O–H groups in total. The second-order valence-corrected chi connectivity index (χ2v) is 5.12. The van der Waals surface area contributed by atoms with Gasteiger partial charge < -0.3 is 5.32 Å². The van der Waals surface area contributed by atoms with E-state index < -0.39 is 0 Å². The molecular formula is C11H15BrN2S. The third-order valence-corrected chi connectivity index (χ3v) is 3.15. The lowest BCUT2D eigenvalue weighted by Gasteiger charge is -2.04. The summed E-state index contributed by atoms with van der Waals surface area (Å²) < 4.78 is 1.03. The zero-order valence-electron chi connectivity index (χ0n) is 8.58. The standard InChI is InChI=1S/C11H15BrN2S/c1-2-4-15-5-3-13-7-10-6-11(12)9-14-8-10/h2,6,8-9,13H,1,3-5,7H2. The van der Waals surface area contributed by atoms with Gasteiger partial charge in [-0.1, -0.05) is 6.08 Å². The molecule has 1 aromatic rings. The molecule has 0 fully saturated rings. The fourth-order valence-corrected chi connectivity index (χ4v) is 2.13. The van der Waals surface area contributed by atoms with E-state index in [1.165, 1.54) is 5.56 Å². The van der Waals surface area contributed by atoms with Gasteiger partial charge in [0.25, 0.3) is 0 Å². The van der Waals surface area contributed by atoms with E-state index in [4.69, 9.17) is 0 Å². The molecular weight excluding hydrogens is 272 g/mol. The monoisotopic (exact) mass is 286 g/mol. The summed E-state index contributed by atoms with van der Waals surface area (Å²) in [5.74, 6) is 2.15. The lowest BCUT2D eigenvalue weighted by atomic mass is 10.3. The van der Waals surface area contributed by atoms with Gasteiger partial charge in [0.15, 0.2) is 0 Å². The Kier molecular flexibility index (Phi) is 6.72. The van der Waals surface area contributed by atoms with Gasteiger partial charge in [0.2, 0.25) is 0 Å². The van der Waals surface area contributed by atoms with Crippen LogP contribution in [0.2, 0.25) is 0 Å². The summed E-state index contributed by atoms with van der Waals surface area (Å²) >= 11 is 5.29. The molecule has 82 valence electrons. The molecule has 0 atom stereocenters. The Labute approximate surface area is 104 Å². The van der Waals surface area contributed by atoms with E-state index in [1.807, 2.05) is 24.0 Å². The van der Waals surface area contributed by atoms with Gasteiger partial charge in [0.1, 0.15) is 0 Å². The Bertz CT molecular complexity index is 304. The number of nitrogens with one attached hydrogen (secondary N) is 1. The number of pyridine rings is 1. The Morgan fingerprint density at radius 1 is 1.53 bits per heavy atom. The smallest absolute Gasteiger partial charge is 0.0410 e. The van der Waals surface area contributed by atoms with E-state index in [2.05, 4.69) is 38.9 Å². The maximum absolute atomic E-state index is 4.11. The number of hydrogen-bond acceptors (Lipinski definition) is 3. The van der Waals surface area contributed by atoms with E-state index in [9.17, 15) is 0 Å². The van der Waals surface area contributed by atoms with Crippen molar-refractivity contribution in [3.8, 4) is 0 Å². The molecule has 0 saturated heterocycles. The van der Waals surface area contributed by atoms with Crippen LogP contribution in [0.3, 0.4) is 0 Å². The average molecular weight is 287 g/mol. The molecule has 1 aromatic heterocycles. The van der Waals surface area contributed by atoms with Gasteiger partial charge >= 0.3 is 0 Å². The zero-order valence-corrected chi connectivity index (χ0v) is 11.0. The van der Waals surface area contributed by atoms with Crippen LogP contribution in [-0.2, 0) is 6.54 Å². The Morgan fingerprint density at radius 2 is 2.40 bits per heavy atom. The lowest BCUT2D eigenvalue weighted by molar-refractivity contribution is 0.729. The highest BCUT2D eigenvalue weighted by Gasteiger charge is 1.94. The zero-order chi connectivity index (χ0) is 10.9. The number of aromatic nitrogens is 1. The molecule has 0 aliphatic rings. The van der Waals surface area contributed by atoms with Crippen molar-refractivity contribution in [2.24, 2.45) is 0 Å². The lowest BCUT2D eigenvalue weighted by Crippen LogP contribution is -2.16. The quantitative estimate of drug-likeness (QED) is 0.616. The minimum atomic E-state index is 0.876. The fraction of sp³-hybridized carbons (Fsp3) is 0.364. The molecule has 2 nitrogen and oxygen atoms in total. The van der Waals surface area contributed by atoms with Crippen LogP contribution in [-0.4, -0.2) is 23.0 Å². The fourth-order valence-electron chi connectivity index (χ4n) is 1.10. The van der Waals surface area contributed by atoms with Crippen molar-refractivity contribution in [2.75, 3.05) is 18.1 Å². The number of nitrogens with zero attached hydrogens (tertiary/aromatic N) is 1. The van der Waals surface area contributed by atoms with E-state index in [0.717, 1.165) is 29.1 Å². The molecule has 1 heterocycles. The summed E-state index contributed by atoms with van der Waals surface area (Å²) in [6, 6.07) is 2.08. The summed E-state index contributed by atoms with van der Waals surface area (Å²) in [5.41, 5.74) is 1.21. The van der Waals surface area contributed by atoms with Gasteiger partial charge in [-0.05, 0) is 27.6 Å². The molecule has 0 aliphatic carbocycles. The van der Waals surface area contributed by atoms with E-state index in [1.54, 1.807) is 6.20 Å². The maximum atomic E-state index is 4.11. The first-order chi connectivity index (χ1) is 7.33. The van der Waals surface area contributed by atoms with Crippen LogP contribution in [0, 0.1) is 0 Å². The predicted octanol–water partition coefficient (Wildman–Crippen LogP) is 2.85. The third kappa shape index (κ3) is 5.97. The second-order valence-electron chi connectivity index (χ2n) is 3.05. The highest BCUT2D eigenvalue weighted by atomic mass is 79.9. The van der Waals surface area contributed by atoms with Gasteiger partial charge in [-0.15, -0.1) is 6.58 Å². The van der Waals surface area contributed by atoms with Crippen molar-refractivity contribution in [2.45, 2.75) is 6.54 Å². The molecule has 0 aromatic carbocycles. The predicted molar refractivity (Wildman–Crippen MR) is 71.2 cm³/mol. The van der Waals surface area contributed by atoms with Crippen molar-refractivity contribution >= 4 is 27.7 Å². The van der Waals surface area contributed by atoms with Crippen LogP contribution in [0.1, 0.15) is 5.56 Å².